The van der Waals surface area contributed by atoms with Gasteiger partial charge in [0.1, 0.15) is 0 Å². The molecular weight excluding hydrogens is 310 g/mol. The number of thiazole rings is 1. The minimum Gasteiger partial charge on any atom is -0.351 e. The number of nitriles is 1. The second kappa shape index (κ2) is 7.88. The number of nitrogens with zero attached hydrogens (tertiary/aromatic N) is 4. The molecule has 0 bridgehead atoms. The molecule has 0 aliphatic rings. The number of rotatable bonds is 7. The van der Waals surface area contributed by atoms with Crippen molar-refractivity contribution in [2.45, 2.75) is 53.1 Å². The Labute approximate surface area is 140 Å². The molecule has 0 aromatic carbocycles. The van der Waals surface area contributed by atoms with Gasteiger partial charge in [-0.2, -0.15) is 10.4 Å². The molecule has 0 aliphatic heterocycles. The van der Waals surface area contributed by atoms with Gasteiger partial charge in [0.2, 0.25) is 5.91 Å². The zero-order chi connectivity index (χ0) is 16.8. The van der Waals surface area contributed by atoms with Crippen LogP contribution in [0.2, 0.25) is 0 Å². The molecule has 0 unspecified atom stereocenters. The molecule has 7 heteroatoms. The summed E-state index contributed by atoms with van der Waals surface area (Å²) >= 11 is 1.59. The first-order valence-corrected chi connectivity index (χ1v) is 8.40. The average molecular weight is 331 g/mol. The first-order chi connectivity index (χ1) is 11.0. The van der Waals surface area contributed by atoms with Gasteiger partial charge in [-0.05, 0) is 32.8 Å². The normalized spacial score (nSPS) is 10.5. The predicted molar refractivity (Wildman–Crippen MR) is 88.9 cm³/mol. The second-order valence-electron chi connectivity index (χ2n) is 5.40. The molecule has 0 fully saturated rings. The molecule has 23 heavy (non-hydrogen) atoms. The summed E-state index contributed by atoms with van der Waals surface area (Å²) in [6, 6.07) is 2.13. The highest BCUT2D eigenvalue weighted by Gasteiger charge is 2.13. The van der Waals surface area contributed by atoms with Crippen LogP contribution in [0.15, 0.2) is 6.20 Å². The Morgan fingerprint density at radius 1 is 1.43 bits per heavy atom. The van der Waals surface area contributed by atoms with Crippen molar-refractivity contribution in [3.63, 3.8) is 0 Å². The quantitative estimate of drug-likeness (QED) is 0.844. The monoisotopic (exact) mass is 331 g/mol. The molecule has 2 heterocycles. The average Bonchev–Trinajstić information content (AvgIpc) is 3.05. The molecule has 0 saturated carbocycles. The number of nitrogens with one attached hydrogen (secondary N) is 1. The van der Waals surface area contributed by atoms with Crippen molar-refractivity contribution < 1.29 is 4.79 Å². The van der Waals surface area contributed by atoms with E-state index >= 15 is 0 Å². The van der Waals surface area contributed by atoms with E-state index < -0.39 is 0 Å². The summed E-state index contributed by atoms with van der Waals surface area (Å²) in [6.07, 6.45) is 3.34. The van der Waals surface area contributed by atoms with Gasteiger partial charge in [-0.3, -0.25) is 9.48 Å². The first-order valence-electron chi connectivity index (χ1n) is 7.59. The van der Waals surface area contributed by atoms with Crippen molar-refractivity contribution in [3.05, 3.63) is 33.0 Å². The zero-order valence-corrected chi connectivity index (χ0v) is 14.5. The summed E-state index contributed by atoms with van der Waals surface area (Å²) in [7, 11) is 0. The fraction of sp³-hybridized carbons (Fsp3) is 0.500. The minimum atomic E-state index is 0.0274. The Hall–Kier alpha value is -2.20. The van der Waals surface area contributed by atoms with Gasteiger partial charge in [0, 0.05) is 23.2 Å². The van der Waals surface area contributed by atoms with E-state index in [1.54, 1.807) is 17.5 Å². The lowest BCUT2D eigenvalue weighted by molar-refractivity contribution is -0.121. The van der Waals surface area contributed by atoms with E-state index in [2.05, 4.69) is 21.5 Å². The topological polar surface area (TPSA) is 83.6 Å². The minimum absolute atomic E-state index is 0.0274. The van der Waals surface area contributed by atoms with Crippen LogP contribution >= 0.6 is 11.3 Å². The molecule has 2 aromatic rings. The van der Waals surface area contributed by atoms with E-state index in [-0.39, 0.29) is 5.91 Å². The van der Waals surface area contributed by atoms with Crippen LogP contribution in [0.3, 0.4) is 0 Å². The number of hydrogen-bond acceptors (Lipinski definition) is 5. The Balaban J connectivity index is 1.86. The SMILES string of the molecule is Cc1ncc(CNC(=O)CCc2c(C)nn(CCC#N)c2C)s1. The van der Waals surface area contributed by atoms with Gasteiger partial charge in [0.15, 0.2) is 0 Å². The summed E-state index contributed by atoms with van der Waals surface area (Å²) in [4.78, 5) is 17.2. The smallest absolute Gasteiger partial charge is 0.220 e. The number of hydrogen-bond donors (Lipinski definition) is 1. The molecule has 0 radical (unpaired) electrons. The molecular formula is C16H21N5OS. The Kier molecular flexibility index (Phi) is 5.88. The van der Waals surface area contributed by atoms with Gasteiger partial charge in [-0.1, -0.05) is 0 Å². The van der Waals surface area contributed by atoms with Gasteiger partial charge in [-0.15, -0.1) is 11.3 Å². The van der Waals surface area contributed by atoms with Crippen molar-refractivity contribution in [1.29, 1.82) is 5.26 Å². The van der Waals surface area contributed by atoms with Crippen molar-refractivity contribution in [1.82, 2.24) is 20.1 Å². The number of aryl methyl sites for hydroxylation is 3. The van der Waals surface area contributed by atoms with E-state index in [0.29, 0.717) is 32.4 Å². The third-order valence-electron chi connectivity index (χ3n) is 3.70. The van der Waals surface area contributed by atoms with Gasteiger partial charge in [0.05, 0.1) is 36.3 Å². The van der Waals surface area contributed by atoms with Crippen molar-refractivity contribution in [2.75, 3.05) is 0 Å². The maximum absolute atomic E-state index is 12.0. The molecule has 2 rings (SSSR count). The van der Waals surface area contributed by atoms with Crippen molar-refractivity contribution in [3.8, 4) is 6.07 Å². The highest BCUT2D eigenvalue weighted by atomic mass is 32.1. The molecule has 0 spiro atoms. The lowest BCUT2D eigenvalue weighted by Gasteiger charge is -2.05. The lowest BCUT2D eigenvalue weighted by Crippen LogP contribution is -2.22. The van der Waals surface area contributed by atoms with E-state index in [1.807, 2.05) is 25.5 Å². The fourth-order valence-electron chi connectivity index (χ4n) is 2.47. The van der Waals surface area contributed by atoms with Crippen molar-refractivity contribution in [2.24, 2.45) is 0 Å². The molecule has 0 saturated heterocycles. The van der Waals surface area contributed by atoms with Crippen LogP contribution in [0.1, 0.15) is 39.7 Å². The van der Waals surface area contributed by atoms with Crippen LogP contribution in [0, 0.1) is 32.1 Å². The Morgan fingerprint density at radius 3 is 2.87 bits per heavy atom. The highest BCUT2D eigenvalue weighted by Crippen LogP contribution is 2.16. The van der Waals surface area contributed by atoms with E-state index in [0.717, 1.165) is 26.8 Å². The molecule has 0 aliphatic carbocycles. The van der Waals surface area contributed by atoms with Crippen LogP contribution in [0.5, 0.6) is 0 Å². The number of aromatic nitrogens is 3. The summed E-state index contributed by atoms with van der Waals surface area (Å²) in [6.45, 7) is 7.02. The predicted octanol–water partition coefficient (Wildman–Crippen LogP) is 2.43. The zero-order valence-electron chi connectivity index (χ0n) is 13.7. The maximum atomic E-state index is 12.0. The lowest BCUT2D eigenvalue weighted by atomic mass is 10.1. The third-order valence-corrected chi connectivity index (χ3v) is 4.61. The Bertz CT molecular complexity index is 725. The highest BCUT2D eigenvalue weighted by molar-refractivity contribution is 7.11. The molecule has 2 aromatic heterocycles. The first kappa shape index (κ1) is 17.2. The maximum Gasteiger partial charge on any atom is 0.220 e. The summed E-state index contributed by atoms with van der Waals surface area (Å²) in [5.74, 6) is 0.0274. The van der Waals surface area contributed by atoms with Crippen LogP contribution in [-0.4, -0.2) is 20.7 Å². The van der Waals surface area contributed by atoms with Gasteiger partial charge in [-0.25, -0.2) is 4.98 Å². The summed E-state index contributed by atoms with van der Waals surface area (Å²) < 4.78 is 1.85. The largest absolute Gasteiger partial charge is 0.351 e. The van der Waals surface area contributed by atoms with E-state index in [9.17, 15) is 4.79 Å². The summed E-state index contributed by atoms with van der Waals surface area (Å²) in [5.41, 5.74) is 3.08. The second-order valence-corrected chi connectivity index (χ2v) is 6.72. The van der Waals surface area contributed by atoms with Gasteiger partial charge >= 0.3 is 0 Å². The molecule has 122 valence electrons. The van der Waals surface area contributed by atoms with Crippen LogP contribution < -0.4 is 5.32 Å². The molecule has 6 nitrogen and oxygen atoms in total. The van der Waals surface area contributed by atoms with E-state index in [4.69, 9.17) is 5.26 Å². The number of carbonyl (C=O) groups is 1. The Morgan fingerprint density at radius 2 is 2.22 bits per heavy atom. The van der Waals surface area contributed by atoms with Gasteiger partial charge < -0.3 is 5.32 Å². The van der Waals surface area contributed by atoms with Crippen molar-refractivity contribution >= 4 is 17.2 Å². The van der Waals surface area contributed by atoms with Crippen LogP contribution in [-0.2, 0) is 24.3 Å². The van der Waals surface area contributed by atoms with Crippen LogP contribution in [0.4, 0.5) is 0 Å². The molecule has 0 atom stereocenters. The molecule has 1 amide bonds. The number of amides is 1. The van der Waals surface area contributed by atoms with Crippen LogP contribution in [0.25, 0.3) is 0 Å². The van der Waals surface area contributed by atoms with E-state index in [1.165, 1.54) is 0 Å². The third kappa shape index (κ3) is 4.63. The molecule has 1 N–H and O–H groups in total. The summed E-state index contributed by atoms with van der Waals surface area (Å²) in [5, 5.41) is 17.1. The fourth-order valence-corrected chi connectivity index (χ4v) is 3.20. The number of carbonyl (C=O) groups excluding carboxylic acids is 1. The van der Waals surface area contributed by atoms with Gasteiger partial charge in [0.25, 0.3) is 0 Å². The standard InChI is InChI=1S/C16H21N5OS/c1-11-15(12(2)21(20-11)8-4-7-17)5-6-16(22)19-10-14-9-18-13(3)23-14/h9H,4-6,8,10H2,1-3H3,(H,19,22).